The van der Waals surface area contributed by atoms with Gasteiger partial charge in [0.05, 0.1) is 4.90 Å². The van der Waals surface area contributed by atoms with E-state index in [4.69, 9.17) is 11.6 Å². The van der Waals surface area contributed by atoms with Crippen molar-refractivity contribution >= 4 is 33.2 Å². The quantitative estimate of drug-likeness (QED) is 0.855. The molecule has 0 saturated carbocycles. The van der Waals surface area contributed by atoms with Gasteiger partial charge in [0.1, 0.15) is 0 Å². The molecule has 0 radical (unpaired) electrons. The van der Waals surface area contributed by atoms with Crippen molar-refractivity contribution in [1.82, 2.24) is 4.31 Å². The minimum atomic E-state index is -3.58. The maximum atomic E-state index is 12.9. The minimum Gasteiger partial charge on any atom is -0.322 e. The minimum absolute atomic E-state index is 0.190. The largest absolute Gasteiger partial charge is 0.322 e. The van der Waals surface area contributed by atoms with Crippen LogP contribution in [0.15, 0.2) is 41.3 Å². The van der Waals surface area contributed by atoms with E-state index in [0.717, 1.165) is 18.4 Å². The summed E-state index contributed by atoms with van der Waals surface area (Å²) in [5.41, 5.74) is 2.41. The Labute approximate surface area is 159 Å². The molecule has 1 heterocycles. The number of anilines is 1. The molecule has 1 saturated heterocycles. The fourth-order valence-corrected chi connectivity index (χ4v) is 4.95. The first-order valence-electron chi connectivity index (χ1n) is 8.47. The van der Waals surface area contributed by atoms with Crippen molar-refractivity contribution in [1.29, 1.82) is 0 Å². The van der Waals surface area contributed by atoms with E-state index in [0.29, 0.717) is 34.9 Å². The molecule has 2 aromatic rings. The van der Waals surface area contributed by atoms with Crippen LogP contribution in [0.4, 0.5) is 5.69 Å². The van der Waals surface area contributed by atoms with Crippen LogP contribution in [0.3, 0.4) is 0 Å². The summed E-state index contributed by atoms with van der Waals surface area (Å²) in [5, 5.41) is 3.32. The highest BCUT2D eigenvalue weighted by Crippen LogP contribution is 2.26. The SMILES string of the molecule is Cc1ccc(Cl)cc1NC(=O)c1ccc(C)c(S(=O)(=O)N2CCCC2)c1. The molecular formula is C19H21ClN2O3S. The molecule has 5 nitrogen and oxygen atoms in total. The third kappa shape index (κ3) is 3.77. The summed E-state index contributed by atoms with van der Waals surface area (Å²) in [7, 11) is -3.58. The predicted octanol–water partition coefficient (Wildman–Crippen LogP) is 3.99. The molecule has 0 unspecified atom stereocenters. The summed E-state index contributed by atoms with van der Waals surface area (Å²) in [6, 6.07) is 9.99. The molecule has 7 heteroatoms. The van der Waals surface area contributed by atoms with E-state index in [1.165, 1.54) is 10.4 Å². The zero-order valence-electron chi connectivity index (χ0n) is 14.8. The van der Waals surface area contributed by atoms with Crippen molar-refractivity contribution in [2.75, 3.05) is 18.4 Å². The topological polar surface area (TPSA) is 66.5 Å². The molecular weight excluding hydrogens is 372 g/mol. The van der Waals surface area contributed by atoms with Crippen LogP contribution >= 0.6 is 11.6 Å². The van der Waals surface area contributed by atoms with Crippen molar-refractivity contribution in [2.45, 2.75) is 31.6 Å². The van der Waals surface area contributed by atoms with E-state index in [-0.39, 0.29) is 10.8 Å². The summed E-state index contributed by atoms with van der Waals surface area (Å²) in [6.07, 6.45) is 1.74. The first-order valence-corrected chi connectivity index (χ1v) is 10.3. The Morgan fingerprint density at radius 1 is 1.04 bits per heavy atom. The molecule has 2 aromatic carbocycles. The number of rotatable bonds is 4. The monoisotopic (exact) mass is 392 g/mol. The Morgan fingerprint density at radius 2 is 1.69 bits per heavy atom. The molecule has 0 aliphatic carbocycles. The second-order valence-electron chi connectivity index (χ2n) is 6.50. The number of amides is 1. The molecule has 138 valence electrons. The van der Waals surface area contributed by atoms with Gasteiger partial charge in [0.2, 0.25) is 10.0 Å². The van der Waals surface area contributed by atoms with Crippen molar-refractivity contribution < 1.29 is 13.2 Å². The number of hydrogen-bond acceptors (Lipinski definition) is 3. The van der Waals surface area contributed by atoms with E-state index in [1.54, 1.807) is 31.2 Å². The van der Waals surface area contributed by atoms with Gasteiger partial charge in [0, 0.05) is 29.4 Å². The lowest BCUT2D eigenvalue weighted by Crippen LogP contribution is -2.28. The van der Waals surface area contributed by atoms with Gasteiger partial charge in [-0.1, -0.05) is 23.7 Å². The third-order valence-electron chi connectivity index (χ3n) is 4.58. The highest BCUT2D eigenvalue weighted by atomic mass is 35.5. The molecule has 26 heavy (non-hydrogen) atoms. The van der Waals surface area contributed by atoms with Crippen LogP contribution in [-0.4, -0.2) is 31.7 Å². The van der Waals surface area contributed by atoms with Gasteiger partial charge >= 0.3 is 0 Å². The number of benzene rings is 2. The van der Waals surface area contributed by atoms with Gasteiger partial charge in [-0.15, -0.1) is 0 Å². The van der Waals surface area contributed by atoms with Crippen molar-refractivity contribution in [2.24, 2.45) is 0 Å². The maximum Gasteiger partial charge on any atom is 0.255 e. The molecule has 0 aromatic heterocycles. The number of sulfonamides is 1. The van der Waals surface area contributed by atoms with E-state index >= 15 is 0 Å². The Hall–Kier alpha value is -1.89. The van der Waals surface area contributed by atoms with E-state index in [1.807, 2.05) is 13.0 Å². The van der Waals surface area contributed by atoms with Gasteiger partial charge in [-0.05, 0) is 62.1 Å². The second-order valence-corrected chi connectivity index (χ2v) is 8.85. The van der Waals surface area contributed by atoms with Crippen LogP contribution < -0.4 is 5.32 Å². The lowest BCUT2D eigenvalue weighted by Gasteiger charge is -2.18. The molecule has 0 atom stereocenters. The molecule has 1 aliphatic rings. The number of carbonyl (C=O) groups is 1. The summed E-state index contributed by atoms with van der Waals surface area (Å²) in [4.78, 5) is 12.8. The molecule has 1 amide bonds. The van der Waals surface area contributed by atoms with Crippen LogP contribution in [0.1, 0.15) is 34.3 Å². The van der Waals surface area contributed by atoms with Gasteiger partial charge in [-0.3, -0.25) is 4.79 Å². The van der Waals surface area contributed by atoms with Gasteiger partial charge in [0.25, 0.3) is 5.91 Å². The van der Waals surface area contributed by atoms with Gasteiger partial charge < -0.3 is 5.32 Å². The average Bonchev–Trinajstić information content (AvgIpc) is 3.13. The number of halogens is 1. The fraction of sp³-hybridized carbons (Fsp3) is 0.316. The van der Waals surface area contributed by atoms with Crippen LogP contribution in [0.2, 0.25) is 5.02 Å². The normalized spacial score (nSPS) is 15.2. The van der Waals surface area contributed by atoms with Gasteiger partial charge in [-0.25, -0.2) is 8.42 Å². The molecule has 1 aliphatic heterocycles. The molecule has 3 rings (SSSR count). The first kappa shape index (κ1) is 18.9. The van der Waals surface area contributed by atoms with E-state index in [2.05, 4.69) is 5.32 Å². The average molecular weight is 393 g/mol. The van der Waals surface area contributed by atoms with E-state index < -0.39 is 10.0 Å². The summed E-state index contributed by atoms with van der Waals surface area (Å²) >= 11 is 5.99. The molecule has 1 N–H and O–H groups in total. The lowest BCUT2D eigenvalue weighted by atomic mass is 10.1. The second kappa shape index (κ2) is 7.39. The van der Waals surface area contributed by atoms with E-state index in [9.17, 15) is 13.2 Å². The van der Waals surface area contributed by atoms with Crippen LogP contribution in [0.5, 0.6) is 0 Å². The van der Waals surface area contributed by atoms with Gasteiger partial charge in [-0.2, -0.15) is 4.31 Å². The smallest absolute Gasteiger partial charge is 0.255 e. The van der Waals surface area contributed by atoms with Crippen LogP contribution in [0.25, 0.3) is 0 Å². The number of carbonyl (C=O) groups excluding carboxylic acids is 1. The predicted molar refractivity (Wildman–Crippen MR) is 103 cm³/mol. The zero-order chi connectivity index (χ0) is 18.9. The summed E-state index contributed by atoms with van der Waals surface area (Å²) in [5.74, 6) is -0.367. The summed E-state index contributed by atoms with van der Waals surface area (Å²) < 4.78 is 27.2. The molecule has 1 fully saturated rings. The van der Waals surface area contributed by atoms with Crippen molar-refractivity contribution in [3.05, 3.63) is 58.1 Å². The Balaban J connectivity index is 1.92. The van der Waals surface area contributed by atoms with Gasteiger partial charge in [0.15, 0.2) is 0 Å². The van der Waals surface area contributed by atoms with Crippen molar-refractivity contribution in [3.8, 4) is 0 Å². The standard InChI is InChI=1S/C19H21ClN2O3S/c1-13-6-8-16(20)12-17(13)21-19(23)15-7-5-14(2)18(11-15)26(24,25)22-9-3-4-10-22/h5-8,11-12H,3-4,9-10H2,1-2H3,(H,21,23). The third-order valence-corrected chi connectivity index (χ3v) is 6.86. The molecule has 0 spiro atoms. The summed E-state index contributed by atoms with van der Waals surface area (Å²) in [6.45, 7) is 4.66. The van der Waals surface area contributed by atoms with Crippen molar-refractivity contribution in [3.63, 3.8) is 0 Å². The zero-order valence-corrected chi connectivity index (χ0v) is 16.3. The highest BCUT2D eigenvalue weighted by molar-refractivity contribution is 7.89. The number of nitrogens with one attached hydrogen (secondary N) is 1. The lowest BCUT2D eigenvalue weighted by molar-refractivity contribution is 0.102. The first-order chi connectivity index (χ1) is 12.3. The number of aryl methyl sites for hydroxylation is 2. The molecule has 0 bridgehead atoms. The van der Waals surface area contributed by atoms with Crippen LogP contribution in [-0.2, 0) is 10.0 Å². The van der Waals surface area contributed by atoms with Crippen LogP contribution in [0, 0.1) is 13.8 Å². The maximum absolute atomic E-state index is 12.9. The Kier molecular flexibility index (Phi) is 5.37. The highest BCUT2D eigenvalue weighted by Gasteiger charge is 2.29. The number of nitrogens with zero attached hydrogens (tertiary/aromatic N) is 1. The number of hydrogen-bond donors (Lipinski definition) is 1. The fourth-order valence-electron chi connectivity index (χ4n) is 3.01. The Bertz CT molecular complexity index is 951. The Morgan fingerprint density at radius 3 is 2.38 bits per heavy atom.